The minimum Gasteiger partial charge on any atom is -0.369 e. The molecular formula is C12H17BrN2S. The molecule has 1 aromatic rings. The number of thioether (sulfide) groups is 1. The SMILES string of the molecule is Cc1ccnc(NCC2CCSCC2)c1Br. The highest BCUT2D eigenvalue weighted by molar-refractivity contribution is 9.10. The van der Waals surface area contributed by atoms with Gasteiger partial charge >= 0.3 is 0 Å². The van der Waals surface area contributed by atoms with Gasteiger partial charge in [-0.3, -0.25) is 0 Å². The molecule has 2 heterocycles. The van der Waals surface area contributed by atoms with Gasteiger partial charge in [0.15, 0.2) is 0 Å². The quantitative estimate of drug-likeness (QED) is 0.921. The lowest BCUT2D eigenvalue weighted by atomic mass is 10.0. The lowest BCUT2D eigenvalue weighted by molar-refractivity contribution is 0.515. The van der Waals surface area contributed by atoms with E-state index in [0.29, 0.717) is 0 Å². The first kappa shape index (κ1) is 12.2. The zero-order valence-electron chi connectivity index (χ0n) is 9.50. The first-order valence-corrected chi connectivity index (χ1v) is 7.65. The van der Waals surface area contributed by atoms with Gasteiger partial charge in [-0.05, 0) is 64.7 Å². The Bertz CT molecular complexity index is 351. The summed E-state index contributed by atoms with van der Waals surface area (Å²) in [6.45, 7) is 3.14. The number of pyridine rings is 1. The van der Waals surface area contributed by atoms with E-state index in [9.17, 15) is 0 Å². The summed E-state index contributed by atoms with van der Waals surface area (Å²) in [5.41, 5.74) is 1.23. The Morgan fingerprint density at radius 1 is 1.50 bits per heavy atom. The van der Waals surface area contributed by atoms with Gasteiger partial charge in [-0.25, -0.2) is 4.98 Å². The number of halogens is 1. The van der Waals surface area contributed by atoms with Gasteiger partial charge in [0.1, 0.15) is 5.82 Å². The van der Waals surface area contributed by atoms with Gasteiger partial charge in [-0.2, -0.15) is 11.8 Å². The van der Waals surface area contributed by atoms with Crippen molar-refractivity contribution in [3.05, 3.63) is 22.3 Å². The van der Waals surface area contributed by atoms with Crippen LogP contribution in [0.25, 0.3) is 0 Å². The second-order valence-electron chi connectivity index (χ2n) is 4.23. The Labute approximate surface area is 110 Å². The molecule has 0 aliphatic carbocycles. The van der Waals surface area contributed by atoms with Crippen molar-refractivity contribution in [3.8, 4) is 0 Å². The molecule has 0 unspecified atom stereocenters. The summed E-state index contributed by atoms with van der Waals surface area (Å²) in [4.78, 5) is 4.36. The summed E-state index contributed by atoms with van der Waals surface area (Å²) in [7, 11) is 0. The van der Waals surface area contributed by atoms with Gasteiger partial charge in [0, 0.05) is 12.7 Å². The fraction of sp³-hybridized carbons (Fsp3) is 0.583. The van der Waals surface area contributed by atoms with E-state index in [0.717, 1.165) is 22.8 Å². The molecule has 88 valence electrons. The average molecular weight is 301 g/mol. The van der Waals surface area contributed by atoms with E-state index in [1.807, 2.05) is 12.3 Å². The third kappa shape index (κ3) is 3.14. The highest BCUT2D eigenvalue weighted by Crippen LogP contribution is 2.26. The maximum atomic E-state index is 4.36. The minimum atomic E-state index is 0.815. The van der Waals surface area contributed by atoms with Crippen LogP contribution in [0, 0.1) is 12.8 Å². The molecule has 1 saturated heterocycles. The molecule has 0 saturated carbocycles. The number of rotatable bonds is 3. The van der Waals surface area contributed by atoms with Crippen LogP contribution >= 0.6 is 27.7 Å². The van der Waals surface area contributed by atoms with E-state index in [1.54, 1.807) is 0 Å². The lowest BCUT2D eigenvalue weighted by Crippen LogP contribution is -2.19. The van der Waals surface area contributed by atoms with Crippen LogP contribution in [0.1, 0.15) is 18.4 Å². The van der Waals surface area contributed by atoms with Gasteiger partial charge in [0.05, 0.1) is 4.47 Å². The molecule has 0 atom stereocenters. The number of aromatic nitrogens is 1. The summed E-state index contributed by atoms with van der Waals surface area (Å²) >= 11 is 5.65. The molecular weight excluding hydrogens is 284 g/mol. The van der Waals surface area contributed by atoms with Crippen molar-refractivity contribution in [2.24, 2.45) is 5.92 Å². The second kappa shape index (κ2) is 5.92. The highest BCUT2D eigenvalue weighted by atomic mass is 79.9. The fourth-order valence-corrected chi connectivity index (χ4v) is 3.43. The first-order chi connectivity index (χ1) is 7.77. The maximum Gasteiger partial charge on any atom is 0.140 e. The predicted molar refractivity (Wildman–Crippen MR) is 75.2 cm³/mol. The predicted octanol–water partition coefficient (Wildman–Crippen LogP) is 3.71. The normalized spacial score (nSPS) is 17.4. The van der Waals surface area contributed by atoms with Crippen LogP contribution in [-0.4, -0.2) is 23.0 Å². The molecule has 0 bridgehead atoms. The summed E-state index contributed by atoms with van der Waals surface area (Å²) in [6, 6.07) is 2.02. The molecule has 1 N–H and O–H groups in total. The smallest absolute Gasteiger partial charge is 0.140 e. The third-order valence-corrected chi connectivity index (χ3v) is 5.03. The van der Waals surface area contributed by atoms with Crippen LogP contribution in [0.5, 0.6) is 0 Å². The molecule has 0 aromatic carbocycles. The molecule has 4 heteroatoms. The van der Waals surface area contributed by atoms with E-state index >= 15 is 0 Å². The standard InChI is InChI=1S/C12H17BrN2S/c1-9-2-5-14-12(11(9)13)15-8-10-3-6-16-7-4-10/h2,5,10H,3-4,6-8H2,1H3,(H,14,15). The second-order valence-corrected chi connectivity index (χ2v) is 6.24. The van der Waals surface area contributed by atoms with Gasteiger partial charge in [0.25, 0.3) is 0 Å². The van der Waals surface area contributed by atoms with Gasteiger partial charge in [-0.15, -0.1) is 0 Å². The van der Waals surface area contributed by atoms with Crippen molar-refractivity contribution in [2.75, 3.05) is 23.4 Å². The molecule has 1 aliphatic rings. The maximum absolute atomic E-state index is 4.36. The molecule has 2 nitrogen and oxygen atoms in total. The van der Waals surface area contributed by atoms with Crippen molar-refractivity contribution >= 4 is 33.5 Å². The third-order valence-electron chi connectivity index (χ3n) is 2.98. The number of aryl methyl sites for hydroxylation is 1. The van der Waals surface area contributed by atoms with Crippen LogP contribution < -0.4 is 5.32 Å². The molecule has 0 radical (unpaired) electrons. The Morgan fingerprint density at radius 2 is 2.25 bits per heavy atom. The van der Waals surface area contributed by atoms with Crippen LogP contribution in [0.2, 0.25) is 0 Å². The summed E-state index contributed by atoms with van der Waals surface area (Å²) in [5, 5.41) is 3.46. The van der Waals surface area contributed by atoms with Crippen molar-refractivity contribution < 1.29 is 0 Å². The molecule has 1 fully saturated rings. The van der Waals surface area contributed by atoms with Crippen LogP contribution in [0.3, 0.4) is 0 Å². The molecule has 1 aromatic heterocycles. The van der Waals surface area contributed by atoms with Gasteiger partial charge < -0.3 is 5.32 Å². The molecule has 16 heavy (non-hydrogen) atoms. The van der Waals surface area contributed by atoms with E-state index in [2.05, 4.69) is 44.9 Å². The number of hydrogen-bond donors (Lipinski definition) is 1. The van der Waals surface area contributed by atoms with Gasteiger partial charge in [0.2, 0.25) is 0 Å². The summed E-state index contributed by atoms with van der Waals surface area (Å²) in [6.07, 6.45) is 4.53. The van der Waals surface area contributed by atoms with E-state index in [4.69, 9.17) is 0 Å². The summed E-state index contributed by atoms with van der Waals surface area (Å²) < 4.78 is 1.10. The van der Waals surface area contributed by atoms with Crippen molar-refractivity contribution in [1.29, 1.82) is 0 Å². The summed E-state index contributed by atoms with van der Waals surface area (Å²) in [5.74, 6) is 4.43. The van der Waals surface area contributed by atoms with E-state index < -0.39 is 0 Å². The zero-order valence-corrected chi connectivity index (χ0v) is 11.9. The average Bonchev–Trinajstić information content (AvgIpc) is 2.32. The number of hydrogen-bond acceptors (Lipinski definition) is 3. The first-order valence-electron chi connectivity index (χ1n) is 5.70. The Balaban J connectivity index is 1.91. The van der Waals surface area contributed by atoms with Crippen LogP contribution in [-0.2, 0) is 0 Å². The minimum absolute atomic E-state index is 0.815. The van der Waals surface area contributed by atoms with Crippen LogP contribution in [0.15, 0.2) is 16.7 Å². The molecule has 0 amide bonds. The number of nitrogens with zero attached hydrogens (tertiary/aromatic N) is 1. The van der Waals surface area contributed by atoms with Crippen LogP contribution in [0.4, 0.5) is 5.82 Å². The lowest BCUT2D eigenvalue weighted by Gasteiger charge is -2.22. The fourth-order valence-electron chi connectivity index (χ4n) is 1.85. The highest BCUT2D eigenvalue weighted by Gasteiger charge is 2.14. The van der Waals surface area contributed by atoms with Crippen molar-refractivity contribution in [3.63, 3.8) is 0 Å². The monoisotopic (exact) mass is 300 g/mol. The zero-order chi connectivity index (χ0) is 11.4. The Hall–Kier alpha value is -0.220. The van der Waals surface area contributed by atoms with E-state index in [1.165, 1.54) is 29.9 Å². The van der Waals surface area contributed by atoms with Crippen molar-refractivity contribution in [2.45, 2.75) is 19.8 Å². The van der Waals surface area contributed by atoms with Crippen molar-refractivity contribution in [1.82, 2.24) is 4.98 Å². The molecule has 0 spiro atoms. The largest absolute Gasteiger partial charge is 0.369 e. The number of nitrogens with one attached hydrogen (secondary N) is 1. The topological polar surface area (TPSA) is 24.9 Å². The molecule has 2 rings (SSSR count). The van der Waals surface area contributed by atoms with E-state index in [-0.39, 0.29) is 0 Å². The Morgan fingerprint density at radius 3 is 3.00 bits per heavy atom. The Kier molecular flexibility index (Phi) is 4.53. The number of anilines is 1. The molecule has 1 aliphatic heterocycles. The van der Waals surface area contributed by atoms with Gasteiger partial charge in [-0.1, -0.05) is 0 Å².